The van der Waals surface area contributed by atoms with Gasteiger partial charge in [-0.2, -0.15) is 0 Å². The molecule has 0 aromatic heterocycles. The number of benzene rings is 1. The fourth-order valence-electron chi connectivity index (χ4n) is 1.33. The van der Waals surface area contributed by atoms with Crippen LogP contribution in [-0.4, -0.2) is 19.3 Å². The van der Waals surface area contributed by atoms with Crippen LogP contribution in [0.1, 0.15) is 19.4 Å². The van der Waals surface area contributed by atoms with Gasteiger partial charge in [0.15, 0.2) is 0 Å². The summed E-state index contributed by atoms with van der Waals surface area (Å²) >= 11 is 3.47. The fourth-order valence-corrected chi connectivity index (χ4v) is 1.94. The predicted octanol–water partition coefficient (Wildman–Crippen LogP) is 3.59. The molecule has 0 aliphatic heterocycles. The number of hydrogen-bond donors (Lipinski definition) is 1. The molecule has 0 heterocycles. The quantitative estimate of drug-likeness (QED) is 0.827. The molecule has 0 aliphatic carbocycles. The monoisotopic (exact) mass is 271 g/mol. The highest BCUT2D eigenvalue weighted by Crippen LogP contribution is 2.18. The SMILES string of the molecule is Cc1cc(Br)cc(NCCOC(C)C)c1. The van der Waals surface area contributed by atoms with Crippen LogP contribution >= 0.6 is 15.9 Å². The number of rotatable bonds is 5. The smallest absolute Gasteiger partial charge is 0.0642 e. The summed E-state index contributed by atoms with van der Waals surface area (Å²) in [7, 11) is 0. The van der Waals surface area contributed by atoms with E-state index in [-0.39, 0.29) is 0 Å². The van der Waals surface area contributed by atoms with Gasteiger partial charge < -0.3 is 10.1 Å². The zero-order valence-corrected chi connectivity index (χ0v) is 11.1. The number of halogens is 1. The van der Waals surface area contributed by atoms with Gasteiger partial charge in [0.2, 0.25) is 0 Å². The molecule has 1 aromatic rings. The Morgan fingerprint density at radius 2 is 2.07 bits per heavy atom. The third-order valence-electron chi connectivity index (χ3n) is 1.92. The van der Waals surface area contributed by atoms with Crippen LogP contribution in [-0.2, 0) is 4.74 Å². The average Bonchev–Trinajstić information content (AvgIpc) is 2.10. The summed E-state index contributed by atoms with van der Waals surface area (Å²) in [5.74, 6) is 0. The summed E-state index contributed by atoms with van der Waals surface area (Å²) in [5.41, 5.74) is 2.38. The molecule has 0 unspecified atom stereocenters. The summed E-state index contributed by atoms with van der Waals surface area (Å²) in [6.45, 7) is 7.75. The molecule has 0 aliphatic rings. The summed E-state index contributed by atoms with van der Waals surface area (Å²) in [6.07, 6.45) is 0.302. The second kappa shape index (κ2) is 6.13. The molecule has 2 nitrogen and oxygen atoms in total. The summed E-state index contributed by atoms with van der Waals surface area (Å²) < 4.78 is 6.56. The topological polar surface area (TPSA) is 21.3 Å². The van der Waals surface area contributed by atoms with Crippen molar-refractivity contribution < 1.29 is 4.74 Å². The highest BCUT2D eigenvalue weighted by molar-refractivity contribution is 9.10. The van der Waals surface area contributed by atoms with E-state index in [0.29, 0.717) is 6.10 Å². The maximum absolute atomic E-state index is 5.45. The number of aryl methyl sites for hydroxylation is 1. The first-order valence-corrected chi connectivity index (χ1v) is 6.00. The minimum absolute atomic E-state index is 0.302. The van der Waals surface area contributed by atoms with E-state index in [1.54, 1.807) is 0 Å². The Morgan fingerprint density at radius 1 is 1.33 bits per heavy atom. The van der Waals surface area contributed by atoms with Crippen molar-refractivity contribution in [1.29, 1.82) is 0 Å². The molecule has 0 fully saturated rings. The molecule has 0 amide bonds. The van der Waals surface area contributed by atoms with Crippen molar-refractivity contribution in [3.8, 4) is 0 Å². The van der Waals surface area contributed by atoms with E-state index in [1.165, 1.54) is 5.56 Å². The minimum Gasteiger partial charge on any atom is -0.383 e. The lowest BCUT2D eigenvalue weighted by molar-refractivity contribution is 0.0870. The lowest BCUT2D eigenvalue weighted by Gasteiger charge is -2.10. The van der Waals surface area contributed by atoms with Crippen molar-refractivity contribution >= 4 is 21.6 Å². The van der Waals surface area contributed by atoms with Crippen molar-refractivity contribution in [2.75, 3.05) is 18.5 Å². The molecule has 3 heteroatoms. The summed E-state index contributed by atoms with van der Waals surface area (Å²) in [5, 5.41) is 3.33. The van der Waals surface area contributed by atoms with Crippen LogP contribution in [0.5, 0.6) is 0 Å². The van der Waals surface area contributed by atoms with Gasteiger partial charge in [0.05, 0.1) is 12.7 Å². The number of hydrogen-bond acceptors (Lipinski definition) is 2. The van der Waals surface area contributed by atoms with E-state index in [9.17, 15) is 0 Å². The van der Waals surface area contributed by atoms with Crippen molar-refractivity contribution in [3.63, 3.8) is 0 Å². The second-order valence-corrected chi connectivity index (χ2v) is 4.78. The van der Waals surface area contributed by atoms with E-state index in [0.717, 1.165) is 23.3 Å². The predicted molar refractivity (Wildman–Crippen MR) is 68.5 cm³/mol. The van der Waals surface area contributed by atoms with Gasteiger partial charge in [-0.25, -0.2) is 0 Å². The summed E-state index contributed by atoms with van der Waals surface area (Å²) in [4.78, 5) is 0. The van der Waals surface area contributed by atoms with E-state index >= 15 is 0 Å². The third-order valence-corrected chi connectivity index (χ3v) is 2.38. The maximum Gasteiger partial charge on any atom is 0.0642 e. The van der Waals surface area contributed by atoms with Gasteiger partial charge in [-0.15, -0.1) is 0 Å². The van der Waals surface area contributed by atoms with Crippen molar-refractivity contribution in [1.82, 2.24) is 0 Å². The molecule has 1 rings (SSSR count). The molecule has 0 bridgehead atoms. The van der Waals surface area contributed by atoms with Gasteiger partial charge in [-0.1, -0.05) is 15.9 Å². The van der Waals surface area contributed by atoms with Gasteiger partial charge in [0, 0.05) is 16.7 Å². The van der Waals surface area contributed by atoms with Gasteiger partial charge in [-0.3, -0.25) is 0 Å². The van der Waals surface area contributed by atoms with E-state index in [2.05, 4.69) is 46.4 Å². The Bertz CT molecular complexity index is 292. The largest absolute Gasteiger partial charge is 0.383 e. The van der Waals surface area contributed by atoms with E-state index in [1.807, 2.05) is 13.8 Å². The lowest BCUT2D eigenvalue weighted by Crippen LogP contribution is -2.13. The Kier molecular flexibility index (Phi) is 5.12. The molecule has 0 saturated carbocycles. The zero-order valence-electron chi connectivity index (χ0n) is 9.51. The zero-order chi connectivity index (χ0) is 11.3. The maximum atomic E-state index is 5.45. The van der Waals surface area contributed by atoms with Crippen LogP contribution in [0.2, 0.25) is 0 Å². The van der Waals surface area contributed by atoms with Crippen LogP contribution in [0, 0.1) is 6.92 Å². The van der Waals surface area contributed by atoms with Crippen molar-refractivity contribution in [2.45, 2.75) is 26.9 Å². The van der Waals surface area contributed by atoms with Crippen LogP contribution < -0.4 is 5.32 Å². The highest BCUT2D eigenvalue weighted by Gasteiger charge is 1.96. The molecule has 1 aromatic carbocycles. The van der Waals surface area contributed by atoms with Crippen LogP contribution in [0.25, 0.3) is 0 Å². The Morgan fingerprint density at radius 3 is 2.67 bits per heavy atom. The first-order valence-electron chi connectivity index (χ1n) is 5.20. The number of anilines is 1. The normalized spacial score (nSPS) is 10.7. The van der Waals surface area contributed by atoms with Gasteiger partial charge in [-0.05, 0) is 44.5 Å². The first kappa shape index (κ1) is 12.5. The Labute approximate surface area is 100 Å². The molecule has 0 spiro atoms. The van der Waals surface area contributed by atoms with Gasteiger partial charge >= 0.3 is 0 Å². The molecule has 0 radical (unpaired) electrons. The van der Waals surface area contributed by atoms with Crippen LogP contribution in [0.15, 0.2) is 22.7 Å². The van der Waals surface area contributed by atoms with Crippen molar-refractivity contribution in [2.24, 2.45) is 0 Å². The third kappa shape index (κ3) is 5.19. The molecular formula is C12H18BrNO. The van der Waals surface area contributed by atoms with Gasteiger partial charge in [0.25, 0.3) is 0 Å². The standard InChI is InChI=1S/C12H18BrNO/c1-9(2)15-5-4-14-12-7-10(3)6-11(13)8-12/h6-9,14H,4-5H2,1-3H3. The number of nitrogens with one attached hydrogen (secondary N) is 1. The number of ether oxygens (including phenoxy) is 1. The van der Waals surface area contributed by atoms with Gasteiger partial charge in [0.1, 0.15) is 0 Å². The van der Waals surface area contributed by atoms with E-state index in [4.69, 9.17) is 4.74 Å². The lowest BCUT2D eigenvalue weighted by atomic mass is 10.2. The van der Waals surface area contributed by atoms with Crippen LogP contribution in [0.4, 0.5) is 5.69 Å². The summed E-state index contributed by atoms with van der Waals surface area (Å²) in [6, 6.07) is 6.29. The second-order valence-electron chi connectivity index (χ2n) is 3.86. The highest BCUT2D eigenvalue weighted by atomic mass is 79.9. The molecule has 84 valence electrons. The first-order chi connectivity index (χ1) is 7.08. The molecule has 0 atom stereocenters. The Hall–Kier alpha value is -0.540. The fraction of sp³-hybridized carbons (Fsp3) is 0.500. The molecule has 15 heavy (non-hydrogen) atoms. The minimum atomic E-state index is 0.302. The Balaban J connectivity index is 2.37. The van der Waals surface area contributed by atoms with E-state index < -0.39 is 0 Å². The molecule has 1 N–H and O–H groups in total. The van der Waals surface area contributed by atoms with Crippen molar-refractivity contribution in [3.05, 3.63) is 28.2 Å². The molecule has 0 saturated heterocycles. The molecular weight excluding hydrogens is 254 g/mol. The average molecular weight is 272 g/mol. The van der Waals surface area contributed by atoms with Crippen LogP contribution in [0.3, 0.4) is 0 Å².